The van der Waals surface area contributed by atoms with Crippen molar-refractivity contribution in [2.45, 2.75) is 97.8 Å². The Morgan fingerprint density at radius 1 is 0.843 bits per heavy atom. The molecule has 2 aromatic rings. The predicted octanol–water partition coefficient (Wildman–Crippen LogP) is 3.39. The maximum atomic E-state index is 13.5. The Hall–Kier alpha value is -5.27. The van der Waals surface area contributed by atoms with Crippen molar-refractivity contribution in [2.24, 2.45) is 11.8 Å². The van der Waals surface area contributed by atoms with Crippen molar-refractivity contribution in [3.05, 3.63) is 59.7 Å². The van der Waals surface area contributed by atoms with E-state index in [9.17, 15) is 38.7 Å². The van der Waals surface area contributed by atoms with Crippen molar-refractivity contribution in [2.75, 3.05) is 17.2 Å². The summed E-state index contributed by atoms with van der Waals surface area (Å²) in [7, 11) is 0. The number of Topliss-reactive ketones (excluding diaryl/α,β-unsaturated/α-hetero) is 1. The number of benzene rings is 2. The molecule has 1 heterocycles. The quantitative estimate of drug-likeness (QED) is 0.152. The summed E-state index contributed by atoms with van der Waals surface area (Å²) < 4.78 is 0. The summed E-state index contributed by atoms with van der Waals surface area (Å²) in [6.45, 7) is 10.8. The monoisotopic (exact) mass is 706 g/mol. The van der Waals surface area contributed by atoms with Gasteiger partial charge in [0.2, 0.25) is 23.6 Å². The molecule has 6 amide bonds. The van der Waals surface area contributed by atoms with Gasteiger partial charge < -0.3 is 36.6 Å². The minimum Gasteiger partial charge on any atom is -0.481 e. The number of aliphatic carboxylic acids is 1. The van der Waals surface area contributed by atoms with Gasteiger partial charge in [-0.2, -0.15) is 0 Å². The number of anilines is 2. The van der Waals surface area contributed by atoms with E-state index in [1.807, 2.05) is 39.0 Å². The van der Waals surface area contributed by atoms with Crippen LogP contribution in [0.3, 0.4) is 0 Å². The van der Waals surface area contributed by atoms with Crippen LogP contribution in [-0.2, 0) is 35.2 Å². The molecule has 1 fully saturated rings. The average molecular weight is 707 g/mol. The summed E-state index contributed by atoms with van der Waals surface area (Å²) in [4.78, 5) is 91.2. The molecule has 0 bridgehead atoms. The third-order valence-electron chi connectivity index (χ3n) is 8.58. The summed E-state index contributed by atoms with van der Waals surface area (Å²) in [5.41, 5.74) is 2.70. The Morgan fingerprint density at radius 3 is 2.08 bits per heavy atom. The topological polar surface area (TPSA) is 203 Å². The van der Waals surface area contributed by atoms with Crippen LogP contribution in [0.5, 0.6) is 0 Å². The average Bonchev–Trinajstić information content (AvgIpc) is 3.55. The van der Waals surface area contributed by atoms with E-state index in [4.69, 9.17) is 0 Å². The standard InChI is InChI=1S/C37H50N6O8/c1-21(2)18-28(39-31(45)19-25-13-15-26(16-14-25)38-37(51)41-27-11-8-7-10-23(27)5)34(48)40-29(20-32(46)47)35(49)42-33(22(3)4)36(50)43-17-9-12-30(43)24(6)44/h7-8,10-11,13-16,21-22,28-30,33H,9,12,17-20H2,1-6H3,(H,39,45)(H,40,48)(H,42,49)(H,46,47)(H2,38,41,51)/t28-,29-,30-,33-/m0/s1. The predicted molar refractivity (Wildman–Crippen MR) is 192 cm³/mol. The van der Waals surface area contributed by atoms with E-state index in [2.05, 4.69) is 26.6 Å². The number of carbonyl (C=O) groups is 7. The molecule has 0 spiro atoms. The zero-order valence-corrected chi connectivity index (χ0v) is 30.1. The Bertz CT molecular complexity index is 1590. The lowest BCUT2D eigenvalue weighted by molar-refractivity contribution is -0.143. The number of hydrogen-bond acceptors (Lipinski definition) is 7. The van der Waals surface area contributed by atoms with E-state index < -0.39 is 72.1 Å². The molecule has 0 aliphatic carbocycles. The van der Waals surface area contributed by atoms with Gasteiger partial charge in [-0.3, -0.25) is 28.8 Å². The second-order valence-electron chi connectivity index (χ2n) is 13.7. The molecule has 4 atom stereocenters. The molecular weight excluding hydrogens is 656 g/mol. The minimum absolute atomic E-state index is 0.0541. The molecule has 1 aliphatic heterocycles. The van der Waals surface area contributed by atoms with Gasteiger partial charge >= 0.3 is 12.0 Å². The number of ketones is 1. The molecule has 14 heteroatoms. The van der Waals surface area contributed by atoms with Crippen molar-refractivity contribution in [3.63, 3.8) is 0 Å². The van der Waals surface area contributed by atoms with Crippen LogP contribution < -0.4 is 26.6 Å². The van der Waals surface area contributed by atoms with Crippen LogP contribution in [0.1, 0.15) is 71.4 Å². The molecule has 0 unspecified atom stereocenters. The molecular formula is C37H50N6O8. The Morgan fingerprint density at radius 2 is 1.49 bits per heavy atom. The number of amides is 6. The van der Waals surface area contributed by atoms with Gasteiger partial charge in [-0.05, 0) is 74.3 Å². The normalized spacial score (nSPS) is 15.8. The van der Waals surface area contributed by atoms with Crippen LogP contribution in [0, 0.1) is 18.8 Å². The molecule has 14 nitrogen and oxygen atoms in total. The largest absolute Gasteiger partial charge is 0.481 e. The minimum atomic E-state index is -1.54. The van der Waals surface area contributed by atoms with E-state index in [1.54, 1.807) is 44.2 Å². The highest BCUT2D eigenvalue weighted by Gasteiger charge is 2.38. The number of hydrogen-bond donors (Lipinski definition) is 6. The lowest BCUT2D eigenvalue weighted by Gasteiger charge is -2.31. The second-order valence-corrected chi connectivity index (χ2v) is 13.7. The number of nitrogens with one attached hydrogen (secondary N) is 5. The maximum absolute atomic E-state index is 13.5. The zero-order valence-electron chi connectivity index (χ0n) is 30.1. The molecule has 6 N–H and O–H groups in total. The number of para-hydroxylation sites is 1. The van der Waals surface area contributed by atoms with Crippen molar-refractivity contribution in [1.29, 1.82) is 0 Å². The van der Waals surface area contributed by atoms with Gasteiger partial charge in [0.1, 0.15) is 18.1 Å². The molecule has 2 aromatic carbocycles. The molecule has 0 aromatic heterocycles. The van der Waals surface area contributed by atoms with Crippen molar-refractivity contribution < 1.29 is 38.7 Å². The molecule has 1 saturated heterocycles. The van der Waals surface area contributed by atoms with Gasteiger partial charge in [-0.15, -0.1) is 0 Å². The summed E-state index contributed by atoms with van der Waals surface area (Å²) >= 11 is 0. The summed E-state index contributed by atoms with van der Waals surface area (Å²) in [6, 6.07) is 9.29. The van der Waals surface area contributed by atoms with E-state index in [1.165, 1.54) is 11.8 Å². The second kappa shape index (κ2) is 18.6. The fourth-order valence-corrected chi connectivity index (χ4v) is 5.89. The molecule has 1 aliphatic rings. The third kappa shape index (κ3) is 12.2. The van der Waals surface area contributed by atoms with Gasteiger partial charge in [-0.1, -0.05) is 58.0 Å². The number of aryl methyl sites for hydroxylation is 1. The van der Waals surface area contributed by atoms with Gasteiger partial charge in [-0.25, -0.2) is 4.79 Å². The number of carboxylic acids is 1. The van der Waals surface area contributed by atoms with E-state index >= 15 is 0 Å². The van der Waals surface area contributed by atoms with E-state index in [0.717, 1.165) is 5.56 Å². The van der Waals surface area contributed by atoms with Gasteiger partial charge in [0, 0.05) is 17.9 Å². The fraction of sp³-hybridized carbons (Fsp3) is 0.486. The number of nitrogens with zero attached hydrogens (tertiary/aromatic N) is 1. The Labute approximate surface area is 298 Å². The van der Waals surface area contributed by atoms with Gasteiger partial charge in [0.15, 0.2) is 5.78 Å². The molecule has 0 radical (unpaired) electrons. The Kier molecular flexibility index (Phi) is 14.7. The Balaban J connectivity index is 1.65. The van der Waals surface area contributed by atoms with Crippen molar-refractivity contribution in [3.8, 4) is 0 Å². The molecule has 3 rings (SSSR count). The summed E-state index contributed by atoms with van der Waals surface area (Å²) in [5.74, 6) is -4.51. The first-order valence-electron chi connectivity index (χ1n) is 17.2. The van der Waals surface area contributed by atoms with Crippen molar-refractivity contribution in [1.82, 2.24) is 20.9 Å². The third-order valence-corrected chi connectivity index (χ3v) is 8.58. The highest BCUT2D eigenvalue weighted by molar-refractivity contribution is 6.00. The first-order chi connectivity index (χ1) is 24.0. The molecule has 0 saturated carbocycles. The number of urea groups is 1. The van der Waals surface area contributed by atoms with Crippen LogP contribution >= 0.6 is 0 Å². The summed E-state index contributed by atoms with van der Waals surface area (Å²) in [5, 5.41) is 22.9. The molecule has 276 valence electrons. The van der Waals surface area contributed by atoms with Crippen molar-refractivity contribution >= 4 is 52.8 Å². The number of carboxylic acid groups (broad SMARTS) is 1. The first kappa shape index (κ1) is 40.2. The first-order valence-corrected chi connectivity index (χ1v) is 17.2. The van der Waals surface area contributed by atoms with E-state index in [-0.39, 0.29) is 24.5 Å². The smallest absolute Gasteiger partial charge is 0.323 e. The van der Waals surface area contributed by atoms with Gasteiger partial charge in [0.25, 0.3) is 0 Å². The zero-order chi connectivity index (χ0) is 37.8. The SMILES string of the molecule is CC(=O)[C@@H]1CCCN1C(=O)[C@@H](NC(=O)[C@H](CC(=O)O)NC(=O)[C@H](CC(C)C)NC(=O)Cc1ccc(NC(=O)Nc2ccccc2C)cc1)C(C)C. The lowest BCUT2D eigenvalue weighted by Crippen LogP contribution is -2.59. The number of carbonyl (C=O) groups excluding carboxylic acids is 6. The van der Waals surface area contributed by atoms with Crippen LogP contribution in [0.15, 0.2) is 48.5 Å². The highest BCUT2D eigenvalue weighted by atomic mass is 16.4. The molecule has 51 heavy (non-hydrogen) atoms. The van der Waals surface area contributed by atoms with Crippen LogP contribution in [0.4, 0.5) is 16.2 Å². The fourth-order valence-electron chi connectivity index (χ4n) is 5.89. The van der Waals surface area contributed by atoms with Crippen LogP contribution in [-0.4, -0.2) is 82.1 Å². The number of rotatable bonds is 16. The van der Waals surface area contributed by atoms with Gasteiger partial charge in [0.05, 0.1) is 18.9 Å². The lowest BCUT2D eigenvalue weighted by atomic mass is 10.00. The summed E-state index contributed by atoms with van der Waals surface area (Å²) in [6.07, 6.45) is 0.517. The van der Waals surface area contributed by atoms with E-state index in [0.29, 0.717) is 36.3 Å². The maximum Gasteiger partial charge on any atom is 0.323 e. The van der Waals surface area contributed by atoms with Crippen LogP contribution in [0.2, 0.25) is 0 Å². The number of likely N-dealkylation sites (tertiary alicyclic amines) is 1. The van der Waals surface area contributed by atoms with Crippen LogP contribution in [0.25, 0.3) is 0 Å². The highest BCUT2D eigenvalue weighted by Crippen LogP contribution is 2.21.